The topological polar surface area (TPSA) is 17.1 Å². The molecule has 1 fully saturated rings. The van der Waals surface area contributed by atoms with Gasteiger partial charge in [-0.1, -0.05) is 27.6 Å². The molecule has 1 aromatic carbocycles. The van der Waals surface area contributed by atoms with Crippen molar-refractivity contribution in [2.24, 2.45) is 5.92 Å². The van der Waals surface area contributed by atoms with Crippen LogP contribution in [0, 0.1) is 12.8 Å². The maximum absolute atomic E-state index is 13.3. The highest BCUT2D eigenvalue weighted by atomic mass is 79.9. The maximum atomic E-state index is 13.3. The van der Waals surface area contributed by atoms with Crippen molar-refractivity contribution in [1.29, 1.82) is 0 Å². The van der Waals surface area contributed by atoms with Crippen LogP contribution in [-0.2, 0) is 0 Å². The monoisotopic (exact) mass is 330 g/mol. The molecule has 0 aromatic heterocycles. The Labute approximate surface area is 120 Å². The molecule has 19 heavy (non-hydrogen) atoms. The van der Waals surface area contributed by atoms with Crippen LogP contribution >= 0.6 is 15.9 Å². The summed E-state index contributed by atoms with van der Waals surface area (Å²) in [5.41, 5.74) is 1.61. The Kier molecular flexibility index (Phi) is 4.39. The third-order valence-corrected chi connectivity index (χ3v) is 4.33. The summed E-state index contributed by atoms with van der Waals surface area (Å²) >= 11 is 3.35. The van der Waals surface area contributed by atoms with E-state index in [2.05, 4.69) is 15.9 Å². The van der Waals surface area contributed by atoms with Crippen molar-refractivity contribution in [3.63, 3.8) is 0 Å². The lowest BCUT2D eigenvalue weighted by Crippen LogP contribution is -2.27. The number of carbonyl (C=O) groups is 1. The molecule has 1 nitrogen and oxygen atoms in total. The Bertz CT molecular complexity index is 485. The molecule has 1 saturated carbocycles. The number of carbonyl (C=O) groups excluding carboxylic acids is 1. The van der Waals surface area contributed by atoms with Gasteiger partial charge in [0.2, 0.25) is 5.92 Å². The molecule has 0 amide bonds. The van der Waals surface area contributed by atoms with E-state index in [1.54, 1.807) is 0 Å². The second-order valence-corrected chi connectivity index (χ2v) is 6.28. The zero-order valence-corrected chi connectivity index (χ0v) is 12.5. The number of aryl methyl sites for hydroxylation is 1. The molecule has 0 heterocycles. The van der Waals surface area contributed by atoms with Crippen LogP contribution in [0.15, 0.2) is 22.7 Å². The van der Waals surface area contributed by atoms with Gasteiger partial charge < -0.3 is 0 Å². The van der Waals surface area contributed by atoms with Crippen LogP contribution in [0.5, 0.6) is 0 Å². The Morgan fingerprint density at radius 1 is 1.47 bits per heavy atom. The Balaban J connectivity index is 2.06. The van der Waals surface area contributed by atoms with Crippen molar-refractivity contribution in [1.82, 2.24) is 0 Å². The van der Waals surface area contributed by atoms with E-state index in [0.717, 1.165) is 16.5 Å². The van der Waals surface area contributed by atoms with E-state index >= 15 is 0 Å². The highest BCUT2D eigenvalue weighted by Gasteiger charge is 2.36. The summed E-state index contributed by atoms with van der Waals surface area (Å²) in [6.07, 6.45) is 1.27. The molecule has 0 bridgehead atoms. The molecule has 104 valence electrons. The Morgan fingerprint density at radius 2 is 2.21 bits per heavy atom. The van der Waals surface area contributed by atoms with Gasteiger partial charge in [-0.25, -0.2) is 8.78 Å². The third kappa shape index (κ3) is 3.85. The number of alkyl halides is 2. The molecule has 1 aromatic rings. The molecule has 0 spiro atoms. The van der Waals surface area contributed by atoms with E-state index in [1.165, 1.54) is 0 Å². The number of hydrogen-bond acceptors (Lipinski definition) is 1. The number of benzene rings is 1. The van der Waals surface area contributed by atoms with Crippen LogP contribution in [0.1, 0.15) is 48.0 Å². The fourth-order valence-electron chi connectivity index (χ4n) is 2.68. The number of rotatable bonds is 3. The van der Waals surface area contributed by atoms with Gasteiger partial charge in [0.15, 0.2) is 5.78 Å². The summed E-state index contributed by atoms with van der Waals surface area (Å²) in [5.74, 6) is -2.82. The molecule has 1 aliphatic rings. The molecular weight excluding hydrogens is 314 g/mol. The van der Waals surface area contributed by atoms with E-state index in [-0.39, 0.29) is 31.0 Å². The standard InChI is InChI=1S/C15H17BrF2O/c1-10-4-5-13(16)12(7-10)14(19)8-11-3-2-6-15(17,18)9-11/h4-5,7,11H,2-3,6,8-9H2,1H3. The van der Waals surface area contributed by atoms with Gasteiger partial charge in [0.25, 0.3) is 0 Å². The van der Waals surface area contributed by atoms with Crippen LogP contribution < -0.4 is 0 Å². The first-order chi connectivity index (χ1) is 8.87. The summed E-state index contributed by atoms with van der Waals surface area (Å²) in [6.45, 7) is 1.91. The summed E-state index contributed by atoms with van der Waals surface area (Å²) < 4.78 is 27.4. The summed E-state index contributed by atoms with van der Waals surface area (Å²) in [6, 6.07) is 5.56. The third-order valence-electron chi connectivity index (χ3n) is 3.64. The first kappa shape index (κ1) is 14.6. The van der Waals surface area contributed by atoms with Gasteiger partial charge >= 0.3 is 0 Å². The van der Waals surface area contributed by atoms with Gasteiger partial charge in [0.1, 0.15) is 0 Å². The SMILES string of the molecule is Cc1ccc(Br)c(C(=O)CC2CCCC(F)(F)C2)c1. The molecule has 4 heteroatoms. The predicted molar refractivity (Wildman–Crippen MR) is 74.7 cm³/mol. The Hall–Kier alpha value is -0.770. The smallest absolute Gasteiger partial charge is 0.248 e. The minimum absolute atomic E-state index is 0.0359. The fraction of sp³-hybridized carbons (Fsp3) is 0.533. The zero-order chi connectivity index (χ0) is 14.0. The highest BCUT2D eigenvalue weighted by molar-refractivity contribution is 9.10. The van der Waals surface area contributed by atoms with Crippen LogP contribution in [0.3, 0.4) is 0 Å². The molecule has 1 atom stereocenters. The van der Waals surface area contributed by atoms with Crippen molar-refractivity contribution in [2.75, 3.05) is 0 Å². The lowest BCUT2D eigenvalue weighted by molar-refractivity contribution is -0.0521. The number of ketones is 1. The molecule has 0 N–H and O–H groups in total. The first-order valence-corrected chi connectivity index (χ1v) is 7.34. The van der Waals surface area contributed by atoms with Crippen LogP contribution in [0.4, 0.5) is 8.78 Å². The van der Waals surface area contributed by atoms with Gasteiger partial charge in [0, 0.05) is 29.3 Å². The van der Waals surface area contributed by atoms with E-state index in [0.29, 0.717) is 12.0 Å². The molecule has 2 rings (SSSR count). The molecule has 0 aliphatic heterocycles. The van der Waals surface area contributed by atoms with Crippen molar-refractivity contribution < 1.29 is 13.6 Å². The summed E-state index contributed by atoms with van der Waals surface area (Å²) in [7, 11) is 0. The first-order valence-electron chi connectivity index (χ1n) is 6.54. The van der Waals surface area contributed by atoms with Crippen molar-refractivity contribution >= 4 is 21.7 Å². The predicted octanol–water partition coefficient (Wildman–Crippen LogP) is 5.16. The average molecular weight is 331 g/mol. The minimum Gasteiger partial charge on any atom is -0.294 e. The normalized spacial score (nSPS) is 22.2. The van der Waals surface area contributed by atoms with Gasteiger partial charge in [-0.05, 0) is 37.8 Å². The maximum Gasteiger partial charge on any atom is 0.248 e. The van der Waals surface area contributed by atoms with E-state index < -0.39 is 5.92 Å². The number of halogens is 3. The molecule has 1 aliphatic carbocycles. The lowest BCUT2D eigenvalue weighted by atomic mass is 9.82. The van der Waals surface area contributed by atoms with E-state index in [1.807, 2.05) is 25.1 Å². The van der Waals surface area contributed by atoms with E-state index in [9.17, 15) is 13.6 Å². The van der Waals surface area contributed by atoms with Crippen LogP contribution in [0.25, 0.3) is 0 Å². The molecule has 0 saturated heterocycles. The summed E-state index contributed by atoms with van der Waals surface area (Å²) in [5, 5.41) is 0. The van der Waals surface area contributed by atoms with Crippen molar-refractivity contribution in [3.05, 3.63) is 33.8 Å². The number of Topliss-reactive ketones (excluding diaryl/α,β-unsaturated/α-hetero) is 1. The quantitative estimate of drug-likeness (QED) is 0.700. The van der Waals surface area contributed by atoms with Crippen molar-refractivity contribution in [2.45, 2.75) is 45.0 Å². The van der Waals surface area contributed by atoms with Gasteiger partial charge in [-0.3, -0.25) is 4.79 Å². The molecule has 1 unspecified atom stereocenters. The lowest BCUT2D eigenvalue weighted by Gasteiger charge is -2.28. The largest absolute Gasteiger partial charge is 0.294 e. The minimum atomic E-state index is -2.59. The summed E-state index contributed by atoms with van der Waals surface area (Å²) in [4.78, 5) is 12.2. The second kappa shape index (κ2) is 5.70. The van der Waals surface area contributed by atoms with Gasteiger partial charge in [-0.2, -0.15) is 0 Å². The van der Waals surface area contributed by atoms with Gasteiger partial charge in [0.05, 0.1) is 0 Å². The highest BCUT2D eigenvalue weighted by Crippen LogP contribution is 2.38. The van der Waals surface area contributed by atoms with Crippen molar-refractivity contribution in [3.8, 4) is 0 Å². The number of hydrogen-bond donors (Lipinski definition) is 0. The van der Waals surface area contributed by atoms with Gasteiger partial charge in [-0.15, -0.1) is 0 Å². The Morgan fingerprint density at radius 3 is 2.89 bits per heavy atom. The van der Waals surface area contributed by atoms with Crippen LogP contribution in [0.2, 0.25) is 0 Å². The molecular formula is C15H17BrF2O. The van der Waals surface area contributed by atoms with E-state index in [4.69, 9.17) is 0 Å². The van der Waals surface area contributed by atoms with Crippen LogP contribution in [-0.4, -0.2) is 11.7 Å². The average Bonchev–Trinajstić information content (AvgIpc) is 2.31. The zero-order valence-electron chi connectivity index (χ0n) is 10.9. The fourth-order valence-corrected chi connectivity index (χ4v) is 3.14. The molecule has 0 radical (unpaired) electrons. The second-order valence-electron chi connectivity index (χ2n) is 5.43.